The van der Waals surface area contributed by atoms with Crippen molar-refractivity contribution in [1.82, 2.24) is 14.9 Å². The predicted molar refractivity (Wildman–Crippen MR) is 97.0 cm³/mol. The molecular formula is C20H23N3O. The monoisotopic (exact) mass is 321 g/mol. The highest BCUT2D eigenvalue weighted by Crippen LogP contribution is 2.24. The number of hydrogen-bond donors (Lipinski definition) is 1. The lowest BCUT2D eigenvalue weighted by Crippen LogP contribution is -2.27. The molecule has 0 bridgehead atoms. The summed E-state index contributed by atoms with van der Waals surface area (Å²) in [4.78, 5) is 16.3. The predicted octanol–water partition coefficient (Wildman–Crippen LogP) is 3.52. The summed E-state index contributed by atoms with van der Waals surface area (Å²) in [5, 5.41) is 4.18. The van der Waals surface area contributed by atoms with E-state index in [4.69, 9.17) is 0 Å². The van der Waals surface area contributed by atoms with E-state index in [9.17, 15) is 4.79 Å². The number of nitrogens with one attached hydrogen (secondary N) is 1. The molecule has 0 aliphatic heterocycles. The maximum atomic E-state index is 12.3. The van der Waals surface area contributed by atoms with Crippen molar-refractivity contribution in [3.8, 4) is 0 Å². The third kappa shape index (κ3) is 3.65. The number of nitrogens with zero attached hydrogens (tertiary/aromatic N) is 2. The lowest BCUT2D eigenvalue weighted by molar-refractivity contribution is -0.120. The number of benzene rings is 1. The van der Waals surface area contributed by atoms with Crippen LogP contribution in [-0.2, 0) is 17.6 Å². The first-order chi connectivity index (χ1) is 11.6. The summed E-state index contributed by atoms with van der Waals surface area (Å²) in [5.74, 6) is 0.0655. The lowest BCUT2D eigenvalue weighted by atomic mass is 10.1. The lowest BCUT2D eigenvalue weighted by Gasteiger charge is -2.08. The van der Waals surface area contributed by atoms with Crippen LogP contribution >= 0.6 is 0 Å². The number of carbonyl (C=O) groups excluding carboxylic acids is 1. The van der Waals surface area contributed by atoms with Crippen LogP contribution < -0.4 is 5.32 Å². The number of carbonyl (C=O) groups is 1. The Morgan fingerprint density at radius 1 is 1.17 bits per heavy atom. The summed E-state index contributed by atoms with van der Waals surface area (Å²) in [7, 11) is 0. The number of rotatable bonds is 6. The van der Waals surface area contributed by atoms with Crippen molar-refractivity contribution < 1.29 is 4.79 Å². The summed E-state index contributed by atoms with van der Waals surface area (Å²) < 4.78 is 2.23. The smallest absolute Gasteiger partial charge is 0.224 e. The molecule has 0 atom stereocenters. The molecule has 0 unspecified atom stereocenters. The Hall–Kier alpha value is -2.62. The molecule has 2 heterocycles. The molecule has 0 aliphatic rings. The fourth-order valence-electron chi connectivity index (χ4n) is 2.98. The van der Waals surface area contributed by atoms with E-state index in [1.54, 1.807) is 12.4 Å². The quantitative estimate of drug-likeness (QED) is 0.755. The van der Waals surface area contributed by atoms with E-state index in [0.717, 1.165) is 17.4 Å². The van der Waals surface area contributed by atoms with Crippen LogP contribution in [0, 0.1) is 0 Å². The molecule has 2 aromatic heterocycles. The zero-order valence-corrected chi connectivity index (χ0v) is 14.2. The van der Waals surface area contributed by atoms with Gasteiger partial charge in [-0.3, -0.25) is 9.78 Å². The molecule has 3 aromatic rings. The topological polar surface area (TPSA) is 46.9 Å². The van der Waals surface area contributed by atoms with Crippen LogP contribution in [0.4, 0.5) is 0 Å². The third-order valence-electron chi connectivity index (χ3n) is 4.22. The van der Waals surface area contributed by atoms with Gasteiger partial charge in [-0.15, -0.1) is 0 Å². The van der Waals surface area contributed by atoms with Crippen molar-refractivity contribution in [2.75, 3.05) is 6.54 Å². The average molecular weight is 321 g/mol. The fraction of sp³-hybridized carbons (Fsp3) is 0.300. The van der Waals surface area contributed by atoms with Gasteiger partial charge in [-0.05, 0) is 49.6 Å². The molecule has 1 amide bonds. The molecule has 4 heteroatoms. The van der Waals surface area contributed by atoms with Crippen LogP contribution in [0.15, 0.2) is 55.0 Å². The maximum absolute atomic E-state index is 12.3. The Kier molecular flexibility index (Phi) is 4.94. The van der Waals surface area contributed by atoms with Crippen LogP contribution in [0.2, 0.25) is 0 Å². The minimum absolute atomic E-state index is 0.0655. The fourth-order valence-corrected chi connectivity index (χ4v) is 2.98. The number of para-hydroxylation sites is 1. The molecule has 1 aromatic carbocycles. The largest absolute Gasteiger partial charge is 0.355 e. The van der Waals surface area contributed by atoms with Crippen molar-refractivity contribution in [3.05, 3.63) is 66.1 Å². The number of hydrogen-bond acceptors (Lipinski definition) is 2. The van der Waals surface area contributed by atoms with E-state index in [-0.39, 0.29) is 5.91 Å². The number of pyridine rings is 1. The zero-order chi connectivity index (χ0) is 16.9. The second-order valence-corrected chi connectivity index (χ2v) is 6.30. The molecule has 0 saturated carbocycles. The standard InChI is InChI=1S/C20H23N3O/c1-15(2)23-14-17(18-5-3-4-6-19(18)23)13-20(24)22-12-9-16-7-10-21-11-8-16/h3-8,10-11,14-15H,9,12-13H2,1-2H3,(H,22,24). The Balaban J connectivity index is 1.65. The molecule has 0 aliphatic carbocycles. The van der Waals surface area contributed by atoms with Crippen molar-refractivity contribution >= 4 is 16.8 Å². The molecule has 0 saturated heterocycles. The zero-order valence-electron chi connectivity index (χ0n) is 14.2. The van der Waals surface area contributed by atoms with Crippen LogP contribution in [0.5, 0.6) is 0 Å². The Morgan fingerprint density at radius 2 is 1.92 bits per heavy atom. The summed E-state index contributed by atoms with van der Waals surface area (Å²) in [6.07, 6.45) is 6.90. The van der Waals surface area contributed by atoms with E-state index in [2.05, 4.69) is 47.0 Å². The van der Waals surface area contributed by atoms with Gasteiger partial charge in [-0.1, -0.05) is 18.2 Å². The van der Waals surface area contributed by atoms with Crippen molar-refractivity contribution in [2.24, 2.45) is 0 Å². The van der Waals surface area contributed by atoms with Gasteiger partial charge in [0.2, 0.25) is 5.91 Å². The van der Waals surface area contributed by atoms with Crippen molar-refractivity contribution in [1.29, 1.82) is 0 Å². The molecule has 0 spiro atoms. The van der Waals surface area contributed by atoms with Gasteiger partial charge in [0.15, 0.2) is 0 Å². The van der Waals surface area contributed by atoms with Gasteiger partial charge in [-0.25, -0.2) is 0 Å². The minimum atomic E-state index is 0.0655. The number of amides is 1. The van der Waals surface area contributed by atoms with Gasteiger partial charge in [0.25, 0.3) is 0 Å². The van der Waals surface area contributed by atoms with Crippen LogP contribution in [0.3, 0.4) is 0 Å². The Morgan fingerprint density at radius 3 is 2.67 bits per heavy atom. The highest BCUT2D eigenvalue weighted by atomic mass is 16.1. The highest BCUT2D eigenvalue weighted by Gasteiger charge is 2.12. The maximum Gasteiger partial charge on any atom is 0.224 e. The van der Waals surface area contributed by atoms with Crippen LogP contribution in [-0.4, -0.2) is 22.0 Å². The minimum Gasteiger partial charge on any atom is -0.355 e. The highest BCUT2D eigenvalue weighted by molar-refractivity contribution is 5.89. The Labute approximate surface area is 142 Å². The molecule has 124 valence electrons. The SMILES string of the molecule is CC(C)n1cc(CC(=O)NCCc2ccncc2)c2ccccc21. The first-order valence-corrected chi connectivity index (χ1v) is 8.39. The van der Waals surface area contributed by atoms with Gasteiger partial charge in [0, 0.05) is 42.1 Å². The summed E-state index contributed by atoms with van der Waals surface area (Å²) in [6.45, 7) is 4.96. The molecule has 0 fully saturated rings. The number of aromatic nitrogens is 2. The average Bonchev–Trinajstić information content (AvgIpc) is 2.95. The van der Waals surface area contributed by atoms with Gasteiger partial charge >= 0.3 is 0 Å². The van der Waals surface area contributed by atoms with E-state index in [0.29, 0.717) is 19.0 Å². The van der Waals surface area contributed by atoms with Crippen LogP contribution in [0.25, 0.3) is 10.9 Å². The second-order valence-electron chi connectivity index (χ2n) is 6.30. The normalized spacial score (nSPS) is 11.1. The van der Waals surface area contributed by atoms with E-state index >= 15 is 0 Å². The molecular weight excluding hydrogens is 298 g/mol. The summed E-state index contributed by atoms with van der Waals surface area (Å²) in [6, 6.07) is 12.6. The van der Waals surface area contributed by atoms with E-state index in [1.165, 1.54) is 11.1 Å². The molecule has 4 nitrogen and oxygen atoms in total. The summed E-state index contributed by atoms with van der Waals surface area (Å²) >= 11 is 0. The Bertz CT molecular complexity index is 821. The second kappa shape index (κ2) is 7.30. The van der Waals surface area contributed by atoms with Gasteiger partial charge in [0.1, 0.15) is 0 Å². The van der Waals surface area contributed by atoms with Crippen molar-refractivity contribution in [3.63, 3.8) is 0 Å². The van der Waals surface area contributed by atoms with Gasteiger partial charge < -0.3 is 9.88 Å². The summed E-state index contributed by atoms with van der Waals surface area (Å²) in [5.41, 5.74) is 3.45. The van der Waals surface area contributed by atoms with E-state index in [1.807, 2.05) is 24.3 Å². The third-order valence-corrected chi connectivity index (χ3v) is 4.22. The van der Waals surface area contributed by atoms with E-state index < -0.39 is 0 Å². The van der Waals surface area contributed by atoms with Gasteiger partial charge in [0.05, 0.1) is 6.42 Å². The van der Waals surface area contributed by atoms with Crippen LogP contribution in [0.1, 0.15) is 31.0 Å². The first kappa shape index (κ1) is 16.2. The van der Waals surface area contributed by atoms with Gasteiger partial charge in [-0.2, -0.15) is 0 Å². The molecule has 3 rings (SSSR count). The molecule has 0 radical (unpaired) electrons. The molecule has 24 heavy (non-hydrogen) atoms. The molecule has 1 N–H and O–H groups in total. The first-order valence-electron chi connectivity index (χ1n) is 8.39. The number of fused-ring (bicyclic) bond motifs is 1. The van der Waals surface area contributed by atoms with Crippen molar-refractivity contribution in [2.45, 2.75) is 32.7 Å².